The molecule has 0 heterocycles. The Morgan fingerprint density at radius 2 is 2.12 bits per heavy atom. The molecule has 0 amide bonds. The van der Waals surface area contributed by atoms with Gasteiger partial charge >= 0.3 is 0 Å². The van der Waals surface area contributed by atoms with E-state index in [4.69, 9.17) is 0 Å². The lowest BCUT2D eigenvalue weighted by Gasteiger charge is -2.11. The van der Waals surface area contributed by atoms with Gasteiger partial charge in [-0.25, -0.2) is 0 Å². The second-order valence-corrected chi connectivity index (χ2v) is 5.16. The molecule has 16 heavy (non-hydrogen) atoms. The highest BCUT2D eigenvalue weighted by molar-refractivity contribution is 8.03. The van der Waals surface area contributed by atoms with Crippen molar-refractivity contribution in [3.63, 3.8) is 0 Å². The molecule has 1 aromatic rings. The highest BCUT2D eigenvalue weighted by Gasteiger charge is 2.05. The Balaban J connectivity index is 3.16. The van der Waals surface area contributed by atoms with Gasteiger partial charge in [-0.3, -0.25) is 0 Å². The molecule has 0 aliphatic carbocycles. The van der Waals surface area contributed by atoms with Crippen LogP contribution in [0.2, 0.25) is 0 Å². The fourth-order valence-corrected chi connectivity index (χ4v) is 2.47. The van der Waals surface area contributed by atoms with Gasteiger partial charge in [0.25, 0.3) is 0 Å². The van der Waals surface area contributed by atoms with Gasteiger partial charge < -0.3 is 0 Å². The second-order valence-electron chi connectivity index (χ2n) is 3.88. The van der Waals surface area contributed by atoms with Crippen molar-refractivity contribution in [1.29, 1.82) is 0 Å². The lowest BCUT2D eigenvalue weighted by Crippen LogP contribution is -1.90. The van der Waals surface area contributed by atoms with Crippen molar-refractivity contribution in [2.45, 2.75) is 39.0 Å². The summed E-state index contributed by atoms with van der Waals surface area (Å²) in [6.45, 7) is 12.5. The van der Waals surface area contributed by atoms with Gasteiger partial charge in [0.15, 0.2) is 0 Å². The van der Waals surface area contributed by atoms with E-state index in [-0.39, 0.29) is 0 Å². The fourth-order valence-electron chi connectivity index (χ4n) is 1.60. The van der Waals surface area contributed by atoms with Gasteiger partial charge in [0, 0.05) is 4.90 Å². The Morgan fingerprint density at radius 3 is 2.62 bits per heavy atom. The Bertz CT molecular complexity index is 414. The standard InChI is InChI=1S/C15H20S/c1-6-12(5)16-15-10-14(8-3)13(7-2)9-11(15)4/h6,8-10H,3,7H2,1-2,4-5H3/b12-6+. The molecule has 0 fully saturated rings. The van der Waals surface area contributed by atoms with Crippen molar-refractivity contribution in [1.82, 2.24) is 0 Å². The number of thioether (sulfide) groups is 1. The number of hydrogen-bond donors (Lipinski definition) is 0. The molecule has 0 aliphatic heterocycles. The minimum atomic E-state index is 1.07. The third kappa shape index (κ3) is 3.02. The van der Waals surface area contributed by atoms with E-state index in [1.165, 1.54) is 26.5 Å². The zero-order chi connectivity index (χ0) is 12.1. The van der Waals surface area contributed by atoms with E-state index in [0.29, 0.717) is 0 Å². The molecule has 0 N–H and O–H groups in total. The second kappa shape index (κ2) is 5.95. The van der Waals surface area contributed by atoms with E-state index >= 15 is 0 Å². The first kappa shape index (κ1) is 13.1. The van der Waals surface area contributed by atoms with Crippen LogP contribution in [0.15, 0.2) is 34.6 Å². The number of hydrogen-bond acceptors (Lipinski definition) is 1. The monoisotopic (exact) mass is 232 g/mol. The van der Waals surface area contributed by atoms with E-state index in [1.54, 1.807) is 0 Å². The van der Waals surface area contributed by atoms with Crippen LogP contribution >= 0.6 is 11.8 Å². The molecule has 1 rings (SSSR count). The van der Waals surface area contributed by atoms with Gasteiger partial charge in [0.05, 0.1) is 0 Å². The molecule has 0 nitrogen and oxygen atoms in total. The number of rotatable bonds is 4. The predicted octanol–water partition coefficient (Wildman–Crippen LogP) is 5.22. The number of aryl methyl sites for hydroxylation is 2. The first-order valence-corrected chi connectivity index (χ1v) is 6.50. The quantitative estimate of drug-likeness (QED) is 0.642. The average molecular weight is 232 g/mol. The maximum absolute atomic E-state index is 3.89. The topological polar surface area (TPSA) is 0 Å². The molecule has 0 saturated heterocycles. The van der Waals surface area contributed by atoms with E-state index in [0.717, 1.165) is 6.42 Å². The molecule has 0 aliphatic rings. The Hall–Kier alpha value is -0.950. The van der Waals surface area contributed by atoms with Gasteiger partial charge in [0.2, 0.25) is 0 Å². The van der Waals surface area contributed by atoms with Crippen molar-refractivity contribution in [3.05, 3.63) is 46.4 Å². The van der Waals surface area contributed by atoms with Gasteiger partial charge in [0.1, 0.15) is 0 Å². The van der Waals surface area contributed by atoms with Gasteiger partial charge in [-0.05, 0) is 54.9 Å². The smallest absolute Gasteiger partial charge is 0.0154 e. The van der Waals surface area contributed by atoms with E-state index in [2.05, 4.69) is 52.5 Å². The minimum Gasteiger partial charge on any atom is -0.0985 e. The summed E-state index contributed by atoms with van der Waals surface area (Å²) >= 11 is 1.83. The van der Waals surface area contributed by atoms with Crippen molar-refractivity contribution in [2.24, 2.45) is 0 Å². The molecule has 0 saturated carbocycles. The summed E-state index contributed by atoms with van der Waals surface area (Å²) in [5.41, 5.74) is 4.00. The van der Waals surface area contributed by atoms with Gasteiger partial charge in [-0.2, -0.15) is 0 Å². The van der Waals surface area contributed by atoms with Crippen LogP contribution in [0, 0.1) is 6.92 Å². The molecule has 1 aromatic carbocycles. The van der Waals surface area contributed by atoms with E-state index in [1.807, 2.05) is 17.8 Å². The van der Waals surface area contributed by atoms with Crippen LogP contribution < -0.4 is 0 Å². The van der Waals surface area contributed by atoms with E-state index in [9.17, 15) is 0 Å². The normalized spacial score (nSPS) is 11.6. The molecule has 86 valence electrons. The van der Waals surface area contributed by atoms with Gasteiger partial charge in [-0.1, -0.05) is 43.5 Å². The van der Waals surface area contributed by atoms with Crippen molar-refractivity contribution >= 4 is 17.8 Å². The van der Waals surface area contributed by atoms with Crippen LogP contribution in [-0.4, -0.2) is 0 Å². The summed E-state index contributed by atoms with van der Waals surface area (Å²) in [6, 6.07) is 4.53. The summed E-state index contributed by atoms with van der Waals surface area (Å²) in [5, 5.41) is 0. The zero-order valence-corrected chi connectivity index (χ0v) is 11.4. The van der Waals surface area contributed by atoms with Crippen molar-refractivity contribution < 1.29 is 0 Å². The third-order valence-corrected chi connectivity index (χ3v) is 3.93. The van der Waals surface area contributed by atoms with Crippen LogP contribution in [0.1, 0.15) is 37.5 Å². The Kier molecular flexibility index (Phi) is 4.88. The van der Waals surface area contributed by atoms with Crippen LogP contribution in [0.3, 0.4) is 0 Å². The summed E-state index contributed by atoms with van der Waals surface area (Å²) in [7, 11) is 0. The fraction of sp³-hybridized carbons (Fsp3) is 0.333. The van der Waals surface area contributed by atoms with Crippen LogP contribution in [0.4, 0.5) is 0 Å². The Labute approximate surface area is 103 Å². The molecule has 1 heteroatoms. The molecule has 0 aromatic heterocycles. The molecule has 0 atom stereocenters. The van der Waals surface area contributed by atoms with Crippen LogP contribution in [0.5, 0.6) is 0 Å². The maximum atomic E-state index is 3.89. The minimum absolute atomic E-state index is 1.07. The largest absolute Gasteiger partial charge is 0.0985 e. The van der Waals surface area contributed by atoms with Crippen LogP contribution in [0.25, 0.3) is 6.08 Å². The summed E-state index contributed by atoms with van der Waals surface area (Å²) in [5.74, 6) is 0. The summed E-state index contributed by atoms with van der Waals surface area (Å²) in [6.07, 6.45) is 5.16. The number of benzene rings is 1. The molecule has 0 bridgehead atoms. The van der Waals surface area contributed by atoms with Crippen molar-refractivity contribution in [2.75, 3.05) is 0 Å². The first-order chi connectivity index (χ1) is 7.62. The first-order valence-electron chi connectivity index (χ1n) is 5.69. The third-order valence-electron chi connectivity index (χ3n) is 2.72. The molecular formula is C15H20S. The lowest BCUT2D eigenvalue weighted by atomic mass is 10.0. The highest BCUT2D eigenvalue weighted by Crippen LogP contribution is 2.31. The highest BCUT2D eigenvalue weighted by atomic mass is 32.2. The Morgan fingerprint density at radius 1 is 1.44 bits per heavy atom. The average Bonchev–Trinajstić information content (AvgIpc) is 2.30. The molecular weight excluding hydrogens is 212 g/mol. The number of allylic oxidation sites excluding steroid dienone is 2. The lowest BCUT2D eigenvalue weighted by molar-refractivity contribution is 1.10. The molecule has 0 spiro atoms. The van der Waals surface area contributed by atoms with Crippen molar-refractivity contribution in [3.8, 4) is 0 Å². The predicted molar refractivity (Wildman–Crippen MR) is 75.9 cm³/mol. The van der Waals surface area contributed by atoms with Crippen LogP contribution in [-0.2, 0) is 6.42 Å². The molecule has 0 radical (unpaired) electrons. The molecule has 0 unspecified atom stereocenters. The zero-order valence-electron chi connectivity index (χ0n) is 10.6. The van der Waals surface area contributed by atoms with E-state index < -0.39 is 0 Å². The summed E-state index contributed by atoms with van der Waals surface area (Å²) in [4.78, 5) is 2.67. The SMILES string of the molecule is C=Cc1cc(S/C(C)=C/C)c(C)cc1CC. The van der Waals surface area contributed by atoms with Gasteiger partial charge in [-0.15, -0.1) is 0 Å². The maximum Gasteiger partial charge on any atom is 0.0154 e. The summed E-state index contributed by atoms with van der Waals surface area (Å²) < 4.78 is 0.